The Bertz CT molecular complexity index is 1000. The quantitative estimate of drug-likeness (QED) is 0.502. The van der Waals surface area contributed by atoms with Gasteiger partial charge in [-0.1, -0.05) is 26.0 Å². The third kappa shape index (κ3) is 4.56. The number of hydrogen-bond donors (Lipinski definition) is 0. The first kappa shape index (κ1) is 21.6. The maximum atomic E-state index is 13.5. The number of nitrogens with zero attached hydrogens (tertiary/aromatic N) is 3. The van der Waals surface area contributed by atoms with Gasteiger partial charge in [-0.05, 0) is 74.2 Å². The van der Waals surface area contributed by atoms with Crippen molar-refractivity contribution in [2.24, 2.45) is 0 Å². The normalized spacial score (nSPS) is 10.8. The molecular weight excluding hydrogens is 374 g/mol. The van der Waals surface area contributed by atoms with E-state index in [0.29, 0.717) is 5.69 Å². The molecule has 0 spiro atoms. The van der Waals surface area contributed by atoms with Crippen LogP contribution >= 0.6 is 0 Å². The van der Waals surface area contributed by atoms with E-state index in [4.69, 9.17) is 9.84 Å². The van der Waals surface area contributed by atoms with Gasteiger partial charge in [0.2, 0.25) is 0 Å². The van der Waals surface area contributed by atoms with Crippen molar-refractivity contribution in [3.63, 3.8) is 0 Å². The Morgan fingerprint density at radius 2 is 1.67 bits per heavy atom. The van der Waals surface area contributed by atoms with Crippen molar-refractivity contribution in [1.29, 1.82) is 0 Å². The second-order valence-corrected chi connectivity index (χ2v) is 7.64. The standard InChI is InChI=1S/C25H31N3O2/c1-6-14-27(15-7-2)25(29)24-17-22(20-10-12-21(30-5)13-11-20)26-28(24)23-16-18(3)8-9-19(23)4/h8-13,16-17H,6-7,14-15H2,1-5H3. The van der Waals surface area contributed by atoms with Crippen LogP contribution in [0.25, 0.3) is 16.9 Å². The van der Waals surface area contributed by atoms with Crippen molar-refractivity contribution in [2.75, 3.05) is 20.2 Å². The largest absolute Gasteiger partial charge is 0.497 e. The zero-order chi connectivity index (χ0) is 21.7. The second-order valence-electron chi connectivity index (χ2n) is 7.64. The van der Waals surface area contributed by atoms with Crippen LogP contribution in [0.4, 0.5) is 0 Å². The van der Waals surface area contributed by atoms with Crippen molar-refractivity contribution < 1.29 is 9.53 Å². The molecule has 0 unspecified atom stereocenters. The van der Waals surface area contributed by atoms with Gasteiger partial charge in [0.05, 0.1) is 18.5 Å². The molecule has 1 aromatic heterocycles. The predicted molar refractivity (Wildman–Crippen MR) is 122 cm³/mol. The maximum Gasteiger partial charge on any atom is 0.272 e. The number of carbonyl (C=O) groups is 1. The number of benzene rings is 2. The highest BCUT2D eigenvalue weighted by Crippen LogP contribution is 2.26. The number of rotatable bonds is 8. The van der Waals surface area contributed by atoms with Gasteiger partial charge < -0.3 is 9.64 Å². The molecule has 1 heterocycles. The smallest absolute Gasteiger partial charge is 0.272 e. The Kier molecular flexibility index (Phi) is 6.93. The molecule has 0 radical (unpaired) electrons. The highest BCUT2D eigenvalue weighted by atomic mass is 16.5. The first-order valence-electron chi connectivity index (χ1n) is 10.6. The second kappa shape index (κ2) is 9.61. The molecule has 30 heavy (non-hydrogen) atoms. The van der Waals surface area contributed by atoms with Gasteiger partial charge in [0.25, 0.3) is 5.91 Å². The predicted octanol–water partition coefficient (Wildman–Crippen LogP) is 5.43. The molecule has 0 atom stereocenters. The molecule has 0 saturated heterocycles. The third-order valence-electron chi connectivity index (χ3n) is 5.18. The average molecular weight is 406 g/mol. The number of aromatic nitrogens is 2. The van der Waals surface area contributed by atoms with E-state index in [9.17, 15) is 4.79 Å². The van der Waals surface area contributed by atoms with Crippen LogP contribution in [0.3, 0.4) is 0 Å². The molecule has 5 heteroatoms. The van der Waals surface area contributed by atoms with Gasteiger partial charge in [-0.25, -0.2) is 4.68 Å². The molecule has 0 aliphatic heterocycles. The van der Waals surface area contributed by atoms with E-state index in [0.717, 1.165) is 59.8 Å². The van der Waals surface area contributed by atoms with Crippen molar-refractivity contribution in [2.45, 2.75) is 40.5 Å². The summed E-state index contributed by atoms with van der Waals surface area (Å²) in [4.78, 5) is 15.4. The molecule has 5 nitrogen and oxygen atoms in total. The Morgan fingerprint density at radius 3 is 2.27 bits per heavy atom. The van der Waals surface area contributed by atoms with E-state index >= 15 is 0 Å². The van der Waals surface area contributed by atoms with Crippen LogP contribution in [-0.2, 0) is 0 Å². The topological polar surface area (TPSA) is 47.4 Å². The lowest BCUT2D eigenvalue weighted by molar-refractivity contribution is 0.0746. The van der Waals surface area contributed by atoms with Gasteiger partial charge in [0.1, 0.15) is 11.4 Å². The molecule has 2 aromatic carbocycles. The van der Waals surface area contributed by atoms with Gasteiger partial charge in [0, 0.05) is 18.7 Å². The van der Waals surface area contributed by atoms with Gasteiger partial charge in [-0.3, -0.25) is 4.79 Å². The van der Waals surface area contributed by atoms with Crippen molar-refractivity contribution >= 4 is 5.91 Å². The lowest BCUT2D eigenvalue weighted by Crippen LogP contribution is -2.34. The van der Waals surface area contributed by atoms with E-state index in [-0.39, 0.29) is 5.91 Å². The van der Waals surface area contributed by atoms with Crippen LogP contribution in [0.5, 0.6) is 5.75 Å². The van der Waals surface area contributed by atoms with Crippen molar-refractivity contribution in [3.05, 3.63) is 65.4 Å². The van der Waals surface area contributed by atoms with Crippen LogP contribution < -0.4 is 4.74 Å². The zero-order valence-electron chi connectivity index (χ0n) is 18.6. The lowest BCUT2D eigenvalue weighted by Gasteiger charge is -2.22. The summed E-state index contributed by atoms with van der Waals surface area (Å²) in [7, 11) is 1.65. The summed E-state index contributed by atoms with van der Waals surface area (Å²) < 4.78 is 7.08. The monoisotopic (exact) mass is 405 g/mol. The number of carbonyl (C=O) groups excluding carboxylic acids is 1. The minimum absolute atomic E-state index is 0.0202. The molecular formula is C25H31N3O2. The minimum Gasteiger partial charge on any atom is -0.497 e. The third-order valence-corrected chi connectivity index (χ3v) is 5.18. The first-order valence-corrected chi connectivity index (χ1v) is 10.6. The summed E-state index contributed by atoms with van der Waals surface area (Å²) in [6.45, 7) is 9.78. The minimum atomic E-state index is 0.0202. The molecule has 3 aromatic rings. The number of hydrogen-bond acceptors (Lipinski definition) is 3. The molecule has 0 fully saturated rings. The Balaban J connectivity index is 2.14. The van der Waals surface area contributed by atoms with E-state index in [2.05, 4.69) is 39.0 Å². The van der Waals surface area contributed by atoms with E-state index in [1.54, 1.807) is 7.11 Å². The van der Waals surface area contributed by atoms with Crippen molar-refractivity contribution in [3.8, 4) is 22.7 Å². The molecule has 0 aliphatic rings. The lowest BCUT2D eigenvalue weighted by atomic mass is 10.1. The van der Waals surface area contributed by atoms with E-state index < -0.39 is 0 Å². The Labute approximate surface area is 179 Å². The fourth-order valence-corrected chi connectivity index (χ4v) is 3.58. The van der Waals surface area contributed by atoms with Gasteiger partial charge in [-0.2, -0.15) is 5.10 Å². The van der Waals surface area contributed by atoms with Gasteiger partial charge >= 0.3 is 0 Å². The number of amides is 1. The molecule has 0 saturated carbocycles. The summed E-state index contributed by atoms with van der Waals surface area (Å²) in [6, 6.07) is 15.9. The molecule has 0 bridgehead atoms. The summed E-state index contributed by atoms with van der Waals surface area (Å²) in [5.41, 5.74) is 5.47. The number of ether oxygens (including phenoxy) is 1. The molecule has 158 valence electrons. The van der Waals surface area contributed by atoms with E-state index in [1.165, 1.54) is 0 Å². The highest BCUT2D eigenvalue weighted by molar-refractivity contribution is 5.94. The first-order chi connectivity index (χ1) is 14.5. The summed E-state index contributed by atoms with van der Waals surface area (Å²) in [6.07, 6.45) is 1.85. The SMILES string of the molecule is CCCN(CCC)C(=O)c1cc(-c2ccc(OC)cc2)nn1-c1cc(C)ccc1C. The molecule has 0 aliphatic carbocycles. The highest BCUT2D eigenvalue weighted by Gasteiger charge is 2.23. The van der Waals surface area contributed by atoms with Crippen LogP contribution in [0, 0.1) is 13.8 Å². The molecule has 1 amide bonds. The number of aryl methyl sites for hydroxylation is 2. The summed E-state index contributed by atoms with van der Waals surface area (Å²) >= 11 is 0. The van der Waals surface area contributed by atoms with Crippen molar-refractivity contribution in [1.82, 2.24) is 14.7 Å². The Hall–Kier alpha value is -3.08. The summed E-state index contributed by atoms with van der Waals surface area (Å²) in [5.74, 6) is 0.813. The maximum absolute atomic E-state index is 13.5. The zero-order valence-corrected chi connectivity index (χ0v) is 18.6. The summed E-state index contributed by atoms with van der Waals surface area (Å²) in [5, 5.41) is 4.86. The van der Waals surface area contributed by atoms with Gasteiger partial charge in [0.15, 0.2) is 0 Å². The number of methoxy groups -OCH3 is 1. The Morgan fingerprint density at radius 1 is 1.00 bits per heavy atom. The molecule has 0 N–H and O–H groups in total. The fraction of sp³-hybridized carbons (Fsp3) is 0.360. The molecule has 3 rings (SSSR count). The fourth-order valence-electron chi connectivity index (χ4n) is 3.58. The van der Waals surface area contributed by atoms with Crippen LogP contribution in [0.2, 0.25) is 0 Å². The van der Waals surface area contributed by atoms with Crippen LogP contribution in [0.15, 0.2) is 48.5 Å². The average Bonchev–Trinajstić information content (AvgIpc) is 3.20. The van der Waals surface area contributed by atoms with Gasteiger partial charge in [-0.15, -0.1) is 0 Å². The van der Waals surface area contributed by atoms with Crippen LogP contribution in [0.1, 0.15) is 48.3 Å². The van der Waals surface area contributed by atoms with Crippen LogP contribution in [-0.4, -0.2) is 40.8 Å². The van der Waals surface area contributed by atoms with E-state index in [1.807, 2.05) is 46.8 Å².